The van der Waals surface area contributed by atoms with Crippen molar-refractivity contribution in [3.05, 3.63) is 125 Å². The summed E-state index contributed by atoms with van der Waals surface area (Å²) < 4.78 is 18.6. The van der Waals surface area contributed by atoms with Gasteiger partial charge in [-0.05, 0) is 91.9 Å². The number of methoxy groups -OCH3 is 1. The van der Waals surface area contributed by atoms with Gasteiger partial charge in [-0.1, -0.05) is 29.5 Å². The van der Waals surface area contributed by atoms with Crippen LogP contribution in [-0.2, 0) is 9.59 Å². The van der Waals surface area contributed by atoms with Gasteiger partial charge in [-0.15, -0.1) is 0 Å². The predicted molar refractivity (Wildman–Crippen MR) is 154 cm³/mol. The number of hydrogen-bond acceptors (Lipinski definition) is 6. The third kappa shape index (κ3) is 5.74. The quantitative estimate of drug-likeness (QED) is 0.246. The molecule has 200 valence electrons. The number of nitrogens with zero attached hydrogens (tertiary/aromatic N) is 1. The van der Waals surface area contributed by atoms with Gasteiger partial charge in [0.2, 0.25) is 0 Å². The van der Waals surface area contributed by atoms with Crippen LogP contribution in [0.3, 0.4) is 0 Å². The standard InChI is InChI=1S/C31H24FN3O4S/c1-19-3-13-24(14-4-19)35-30(37)27(33-22-9-7-21(32)8-10-22)28(31(35)38)40-26-17-11-23(12-18-26)34-29(36)20-5-15-25(39-2)16-6-20/h3-18,33H,1-2H3,(H,34,36). The summed E-state index contributed by atoms with van der Waals surface area (Å²) in [5.74, 6) is -1.02. The zero-order valence-corrected chi connectivity index (χ0v) is 22.4. The highest BCUT2D eigenvalue weighted by atomic mass is 32.2. The van der Waals surface area contributed by atoms with Gasteiger partial charge in [-0.2, -0.15) is 0 Å². The Balaban J connectivity index is 1.38. The first-order valence-electron chi connectivity index (χ1n) is 12.3. The summed E-state index contributed by atoms with van der Waals surface area (Å²) in [6.45, 7) is 1.92. The maximum Gasteiger partial charge on any atom is 0.283 e. The Kier molecular flexibility index (Phi) is 7.65. The van der Waals surface area contributed by atoms with Crippen LogP contribution in [0.2, 0.25) is 0 Å². The average molecular weight is 554 g/mol. The van der Waals surface area contributed by atoms with E-state index in [1.54, 1.807) is 67.8 Å². The zero-order chi connectivity index (χ0) is 28.2. The summed E-state index contributed by atoms with van der Waals surface area (Å²) >= 11 is 1.13. The fourth-order valence-corrected chi connectivity index (χ4v) is 4.92. The summed E-state index contributed by atoms with van der Waals surface area (Å²) in [7, 11) is 1.56. The van der Waals surface area contributed by atoms with Crippen molar-refractivity contribution in [1.29, 1.82) is 0 Å². The van der Waals surface area contributed by atoms with Crippen molar-refractivity contribution in [2.24, 2.45) is 0 Å². The molecule has 40 heavy (non-hydrogen) atoms. The van der Waals surface area contributed by atoms with Crippen LogP contribution in [0.4, 0.5) is 21.5 Å². The second kappa shape index (κ2) is 11.5. The minimum atomic E-state index is -0.510. The number of rotatable bonds is 8. The van der Waals surface area contributed by atoms with E-state index in [1.807, 2.05) is 19.1 Å². The van der Waals surface area contributed by atoms with Crippen LogP contribution in [-0.4, -0.2) is 24.8 Å². The number of anilines is 3. The van der Waals surface area contributed by atoms with Crippen LogP contribution in [0.25, 0.3) is 0 Å². The molecule has 9 heteroatoms. The first kappa shape index (κ1) is 26.7. The number of thioether (sulfide) groups is 1. The van der Waals surface area contributed by atoms with E-state index in [9.17, 15) is 18.8 Å². The van der Waals surface area contributed by atoms with Crippen LogP contribution in [0.15, 0.2) is 113 Å². The molecule has 0 unspecified atom stereocenters. The number of imide groups is 1. The molecule has 0 atom stereocenters. The third-order valence-electron chi connectivity index (χ3n) is 6.13. The highest BCUT2D eigenvalue weighted by Gasteiger charge is 2.40. The monoisotopic (exact) mass is 553 g/mol. The van der Waals surface area contributed by atoms with Crippen molar-refractivity contribution in [1.82, 2.24) is 0 Å². The maximum absolute atomic E-state index is 13.5. The van der Waals surface area contributed by atoms with E-state index < -0.39 is 17.6 Å². The van der Waals surface area contributed by atoms with E-state index in [-0.39, 0.29) is 16.5 Å². The Morgan fingerprint density at radius 1 is 0.800 bits per heavy atom. The highest BCUT2D eigenvalue weighted by molar-refractivity contribution is 8.04. The lowest BCUT2D eigenvalue weighted by molar-refractivity contribution is -0.120. The molecule has 3 amide bonds. The smallest absolute Gasteiger partial charge is 0.283 e. The van der Waals surface area contributed by atoms with Gasteiger partial charge < -0.3 is 15.4 Å². The topological polar surface area (TPSA) is 87.7 Å². The van der Waals surface area contributed by atoms with E-state index in [4.69, 9.17) is 4.74 Å². The zero-order valence-electron chi connectivity index (χ0n) is 21.6. The number of carbonyl (C=O) groups is 3. The van der Waals surface area contributed by atoms with Crippen LogP contribution in [0.1, 0.15) is 15.9 Å². The predicted octanol–water partition coefficient (Wildman–Crippen LogP) is 6.38. The minimum Gasteiger partial charge on any atom is -0.497 e. The molecule has 0 spiro atoms. The molecular formula is C31H24FN3O4S. The Hall–Kier alpha value is -4.89. The molecule has 2 N–H and O–H groups in total. The molecule has 0 aliphatic carbocycles. The molecule has 0 saturated carbocycles. The number of ether oxygens (including phenoxy) is 1. The summed E-state index contributed by atoms with van der Waals surface area (Å²) in [4.78, 5) is 41.6. The van der Waals surface area contributed by atoms with Gasteiger partial charge in [0.15, 0.2) is 0 Å². The van der Waals surface area contributed by atoms with Gasteiger partial charge in [-0.3, -0.25) is 14.4 Å². The molecule has 4 aromatic rings. The Labute approximate surface area is 234 Å². The number of nitrogens with one attached hydrogen (secondary N) is 2. The molecule has 7 nitrogen and oxygen atoms in total. The van der Waals surface area contributed by atoms with Crippen molar-refractivity contribution in [3.8, 4) is 5.75 Å². The van der Waals surface area contributed by atoms with Gasteiger partial charge >= 0.3 is 0 Å². The summed E-state index contributed by atoms with van der Waals surface area (Å²) in [5.41, 5.74) is 3.06. The van der Waals surface area contributed by atoms with Crippen LogP contribution < -0.4 is 20.3 Å². The second-order valence-electron chi connectivity index (χ2n) is 8.93. The van der Waals surface area contributed by atoms with Crippen molar-refractivity contribution in [2.75, 3.05) is 22.6 Å². The Bertz CT molecular complexity index is 1600. The first-order chi connectivity index (χ1) is 19.3. The number of hydrogen-bond donors (Lipinski definition) is 2. The molecular weight excluding hydrogens is 529 g/mol. The van der Waals surface area contributed by atoms with E-state index in [2.05, 4.69) is 10.6 Å². The Morgan fingerprint density at radius 2 is 1.43 bits per heavy atom. The van der Waals surface area contributed by atoms with Crippen molar-refractivity contribution >= 4 is 46.5 Å². The lowest BCUT2D eigenvalue weighted by Gasteiger charge is -2.15. The second-order valence-corrected chi connectivity index (χ2v) is 10.0. The third-order valence-corrected chi connectivity index (χ3v) is 7.22. The molecule has 0 aromatic heterocycles. The van der Waals surface area contributed by atoms with Crippen LogP contribution >= 0.6 is 11.8 Å². The highest BCUT2D eigenvalue weighted by Crippen LogP contribution is 2.38. The van der Waals surface area contributed by atoms with E-state index in [1.165, 1.54) is 24.3 Å². The molecule has 0 bridgehead atoms. The number of aryl methyl sites for hydroxylation is 1. The summed E-state index contributed by atoms with van der Waals surface area (Å²) in [6.07, 6.45) is 0. The van der Waals surface area contributed by atoms with E-state index in [0.717, 1.165) is 22.2 Å². The van der Waals surface area contributed by atoms with Crippen LogP contribution in [0, 0.1) is 12.7 Å². The molecule has 4 aromatic carbocycles. The number of benzene rings is 4. The normalized spacial score (nSPS) is 13.0. The molecule has 0 saturated heterocycles. The van der Waals surface area contributed by atoms with Gasteiger partial charge in [0.25, 0.3) is 17.7 Å². The minimum absolute atomic E-state index is 0.0964. The van der Waals surface area contributed by atoms with Crippen molar-refractivity contribution in [2.45, 2.75) is 11.8 Å². The van der Waals surface area contributed by atoms with Gasteiger partial charge in [-0.25, -0.2) is 9.29 Å². The lowest BCUT2D eigenvalue weighted by atomic mass is 10.2. The largest absolute Gasteiger partial charge is 0.497 e. The Morgan fingerprint density at radius 3 is 2.05 bits per heavy atom. The van der Waals surface area contributed by atoms with Gasteiger partial charge in [0.1, 0.15) is 22.2 Å². The van der Waals surface area contributed by atoms with Gasteiger partial charge in [0, 0.05) is 21.8 Å². The van der Waals surface area contributed by atoms with Gasteiger partial charge in [0.05, 0.1) is 12.8 Å². The molecule has 0 radical (unpaired) electrons. The molecule has 5 rings (SSSR count). The number of halogens is 1. The molecule has 1 aliphatic heterocycles. The molecule has 0 fully saturated rings. The maximum atomic E-state index is 13.5. The average Bonchev–Trinajstić information content (AvgIpc) is 3.19. The fraction of sp³-hybridized carbons (Fsp3) is 0.0645. The fourth-order valence-electron chi connectivity index (χ4n) is 3.99. The first-order valence-corrected chi connectivity index (χ1v) is 13.1. The van der Waals surface area contributed by atoms with Crippen LogP contribution in [0.5, 0.6) is 5.75 Å². The molecule has 1 aliphatic rings. The number of amides is 3. The van der Waals surface area contributed by atoms with E-state index in [0.29, 0.717) is 33.3 Å². The molecule has 1 heterocycles. The summed E-state index contributed by atoms with van der Waals surface area (Å²) in [6, 6.07) is 26.3. The van der Waals surface area contributed by atoms with Crippen molar-refractivity contribution < 1.29 is 23.5 Å². The van der Waals surface area contributed by atoms with Crippen molar-refractivity contribution in [3.63, 3.8) is 0 Å². The lowest BCUT2D eigenvalue weighted by Crippen LogP contribution is -2.32. The van der Waals surface area contributed by atoms with E-state index >= 15 is 0 Å². The summed E-state index contributed by atoms with van der Waals surface area (Å²) in [5, 5.41) is 5.85. The number of carbonyl (C=O) groups excluding carboxylic acids is 3. The SMILES string of the molecule is COc1ccc(C(=O)Nc2ccc(SC3=C(Nc4ccc(F)cc4)C(=O)N(c4ccc(C)cc4)C3=O)cc2)cc1.